The topological polar surface area (TPSA) is 107 Å². The molecule has 2 heterocycles. The molecular formula is C13H17N3O5. The summed E-state index contributed by atoms with van der Waals surface area (Å²) in [6.07, 6.45) is 0.498. The van der Waals surface area contributed by atoms with Crippen LogP contribution in [0.4, 0.5) is 0 Å². The van der Waals surface area contributed by atoms with E-state index in [4.69, 9.17) is 9.26 Å². The molecule has 2 aromatic heterocycles. The summed E-state index contributed by atoms with van der Waals surface area (Å²) >= 11 is 0. The van der Waals surface area contributed by atoms with Crippen molar-refractivity contribution in [3.05, 3.63) is 21.8 Å². The predicted molar refractivity (Wildman–Crippen MR) is 73.5 cm³/mol. The van der Waals surface area contributed by atoms with Gasteiger partial charge in [0, 0.05) is 13.7 Å². The molecule has 2 rings (SSSR count). The quantitative estimate of drug-likeness (QED) is 0.883. The molecule has 21 heavy (non-hydrogen) atoms. The van der Waals surface area contributed by atoms with Crippen molar-refractivity contribution in [1.29, 1.82) is 0 Å². The number of carboxylic acid groups (broad SMARTS) is 1. The molecule has 0 saturated heterocycles. The summed E-state index contributed by atoms with van der Waals surface area (Å²) in [6.45, 7) is 5.51. The minimum atomic E-state index is -1.23. The number of hydrogen-bond donors (Lipinski definition) is 1. The van der Waals surface area contributed by atoms with Gasteiger partial charge in [-0.2, -0.15) is 5.10 Å². The van der Waals surface area contributed by atoms with E-state index >= 15 is 0 Å². The molecule has 114 valence electrons. The molecule has 0 fully saturated rings. The minimum Gasteiger partial charge on any atom is -0.476 e. The summed E-state index contributed by atoms with van der Waals surface area (Å²) < 4.78 is 11.3. The lowest BCUT2D eigenvalue weighted by atomic mass is 10.1. The van der Waals surface area contributed by atoms with E-state index in [1.165, 1.54) is 0 Å². The summed E-state index contributed by atoms with van der Waals surface area (Å²) in [5, 5.41) is 17.0. The van der Waals surface area contributed by atoms with E-state index in [1.807, 2.05) is 13.8 Å². The first-order valence-corrected chi connectivity index (χ1v) is 6.42. The number of nitrogens with zero attached hydrogens (tertiary/aromatic N) is 3. The Kier molecular flexibility index (Phi) is 3.82. The van der Waals surface area contributed by atoms with Gasteiger partial charge in [-0.3, -0.25) is 4.79 Å². The van der Waals surface area contributed by atoms with Crippen molar-refractivity contribution in [2.24, 2.45) is 0 Å². The molecule has 0 aromatic carbocycles. The van der Waals surface area contributed by atoms with Crippen molar-refractivity contribution in [1.82, 2.24) is 14.9 Å². The second-order valence-electron chi connectivity index (χ2n) is 5.36. The highest BCUT2D eigenvalue weighted by molar-refractivity contribution is 6.00. The molecule has 0 amide bonds. The smallest absolute Gasteiger partial charge is 0.357 e. The van der Waals surface area contributed by atoms with Crippen molar-refractivity contribution in [3.8, 4) is 0 Å². The highest BCUT2D eigenvalue weighted by Gasteiger charge is 2.23. The predicted octanol–water partition coefficient (Wildman–Crippen LogP) is 1.21. The van der Waals surface area contributed by atoms with Gasteiger partial charge in [-0.05, 0) is 27.2 Å². The van der Waals surface area contributed by atoms with Crippen LogP contribution in [0.5, 0.6) is 0 Å². The second kappa shape index (κ2) is 5.28. The Morgan fingerprint density at radius 1 is 1.48 bits per heavy atom. The number of aromatic nitrogens is 3. The summed E-state index contributed by atoms with van der Waals surface area (Å²) in [5.41, 5.74) is -1.17. The van der Waals surface area contributed by atoms with Gasteiger partial charge in [-0.25, -0.2) is 9.48 Å². The van der Waals surface area contributed by atoms with Gasteiger partial charge < -0.3 is 14.4 Å². The highest BCUT2D eigenvalue weighted by Crippen LogP contribution is 2.18. The average Bonchev–Trinajstić information content (AvgIpc) is 2.81. The summed E-state index contributed by atoms with van der Waals surface area (Å²) in [4.78, 5) is 23.6. The third-order valence-electron chi connectivity index (χ3n) is 3.44. The lowest BCUT2D eigenvalue weighted by Gasteiger charge is -2.22. The second-order valence-corrected chi connectivity index (χ2v) is 5.36. The van der Waals surface area contributed by atoms with Gasteiger partial charge in [-0.15, -0.1) is 0 Å². The number of fused-ring (bicyclic) bond motifs is 1. The monoisotopic (exact) mass is 295 g/mol. The maximum atomic E-state index is 12.3. The zero-order valence-corrected chi connectivity index (χ0v) is 12.3. The van der Waals surface area contributed by atoms with Crippen molar-refractivity contribution in [2.45, 2.75) is 39.3 Å². The molecule has 0 aliphatic carbocycles. The van der Waals surface area contributed by atoms with Crippen LogP contribution < -0.4 is 5.56 Å². The first-order chi connectivity index (χ1) is 9.76. The van der Waals surface area contributed by atoms with Gasteiger partial charge in [0.25, 0.3) is 5.56 Å². The normalized spacial score (nSPS) is 12.0. The van der Waals surface area contributed by atoms with E-state index in [1.54, 1.807) is 14.0 Å². The average molecular weight is 295 g/mol. The molecule has 0 saturated carbocycles. The number of hydrogen-bond acceptors (Lipinski definition) is 6. The highest BCUT2D eigenvalue weighted by atomic mass is 16.5. The largest absolute Gasteiger partial charge is 0.476 e. The molecule has 8 nitrogen and oxygen atoms in total. The van der Waals surface area contributed by atoms with Crippen LogP contribution in [0.3, 0.4) is 0 Å². The van der Waals surface area contributed by atoms with Gasteiger partial charge in [0.2, 0.25) is 0 Å². The molecular weight excluding hydrogens is 278 g/mol. The van der Waals surface area contributed by atoms with Gasteiger partial charge in [0.15, 0.2) is 11.2 Å². The van der Waals surface area contributed by atoms with Crippen molar-refractivity contribution < 1.29 is 19.2 Å². The van der Waals surface area contributed by atoms with Crippen LogP contribution in [0.15, 0.2) is 9.32 Å². The number of rotatable bonds is 5. The third-order valence-corrected chi connectivity index (χ3v) is 3.44. The van der Waals surface area contributed by atoms with Crippen LogP contribution in [-0.2, 0) is 11.3 Å². The Labute approximate surface area is 120 Å². The van der Waals surface area contributed by atoms with E-state index in [0.29, 0.717) is 6.42 Å². The standard InChI is InChI=1S/C13H17N3O5/c1-7-8-9(15-21-7)11(17)16(14-10(8)12(18)19)6-5-13(2,3)20-4/h5-6H2,1-4H3,(H,18,19). The van der Waals surface area contributed by atoms with Gasteiger partial charge in [-0.1, -0.05) is 5.16 Å². The van der Waals surface area contributed by atoms with Gasteiger partial charge in [0.05, 0.1) is 11.0 Å². The number of methoxy groups -OCH3 is 1. The number of aromatic carboxylic acids is 1. The van der Waals surface area contributed by atoms with E-state index < -0.39 is 17.1 Å². The maximum Gasteiger partial charge on any atom is 0.357 e. The Morgan fingerprint density at radius 2 is 2.14 bits per heavy atom. The zero-order chi connectivity index (χ0) is 15.8. The summed E-state index contributed by atoms with van der Waals surface area (Å²) in [5.74, 6) is -0.970. The Balaban J connectivity index is 2.53. The molecule has 2 aromatic rings. The fourth-order valence-electron chi connectivity index (χ4n) is 1.91. The van der Waals surface area contributed by atoms with E-state index in [0.717, 1.165) is 4.68 Å². The van der Waals surface area contributed by atoms with Gasteiger partial charge >= 0.3 is 5.97 Å². The minimum absolute atomic E-state index is 0.0184. The van der Waals surface area contributed by atoms with Crippen LogP contribution >= 0.6 is 0 Å². The lowest BCUT2D eigenvalue weighted by molar-refractivity contribution is 0.0110. The Morgan fingerprint density at radius 3 is 2.71 bits per heavy atom. The van der Waals surface area contributed by atoms with Crippen LogP contribution in [0, 0.1) is 6.92 Å². The first-order valence-electron chi connectivity index (χ1n) is 6.42. The molecule has 0 radical (unpaired) electrons. The molecule has 1 N–H and O–H groups in total. The maximum absolute atomic E-state index is 12.3. The molecule has 0 atom stereocenters. The summed E-state index contributed by atoms with van der Waals surface area (Å²) in [7, 11) is 1.57. The molecule has 0 aliphatic rings. The van der Waals surface area contributed by atoms with E-state index in [9.17, 15) is 14.7 Å². The molecule has 0 bridgehead atoms. The zero-order valence-electron chi connectivity index (χ0n) is 12.3. The van der Waals surface area contributed by atoms with Gasteiger partial charge in [0.1, 0.15) is 5.76 Å². The van der Waals surface area contributed by atoms with Crippen molar-refractivity contribution in [3.63, 3.8) is 0 Å². The molecule has 8 heteroatoms. The fraction of sp³-hybridized carbons (Fsp3) is 0.538. The van der Waals surface area contributed by atoms with Crippen LogP contribution in [0.25, 0.3) is 10.9 Å². The molecule has 0 unspecified atom stereocenters. The third kappa shape index (κ3) is 2.80. The van der Waals surface area contributed by atoms with E-state index in [2.05, 4.69) is 10.3 Å². The van der Waals surface area contributed by atoms with Crippen LogP contribution in [0.1, 0.15) is 36.5 Å². The van der Waals surface area contributed by atoms with Crippen molar-refractivity contribution in [2.75, 3.05) is 7.11 Å². The van der Waals surface area contributed by atoms with Crippen LogP contribution in [-0.4, -0.2) is 38.7 Å². The number of ether oxygens (including phenoxy) is 1. The molecule has 0 spiro atoms. The van der Waals surface area contributed by atoms with Crippen LogP contribution in [0.2, 0.25) is 0 Å². The lowest BCUT2D eigenvalue weighted by Crippen LogP contribution is -2.31. The van der Waals surface area contributed by atoms with E-state index in [-0.39, 0.29) is 28.9 Å². The Bertz CT molecular complexity index is 744. The summed E-state index contributed by atoms with van der Waals surface area (Å²) in [6, 6.07) is 0. The number of aryl methyl sites for hydroxylation is 2. The SMILES string of the molecule is COC(C)(C)CCn1nc(C(=O)O)c2c(C)onc2c1=O. The fourth-order valence-corrected chi connectivity index (χ4v) is 1.91. The number of carbonyl (C=O) groups is 1. The Hall–Kier alpha value is -2.22. The van der Waals surface area contributed by atoms with Crippen molar-refractivity contribution >= 4 is 16.9 Å². The first kappa shape index (κ1) is 15.2. The molecule has 0 aliphatic heterocycles. The number of carboxylic acids is 1.